The normalized spacial score (nSPS) is 18.3. The average Bonchev–Trinajstić information content (AvgIpc) is 2.92. The van der Waals surface area contributed by atoms with Gasteiger partial charge < -0.3 is 19.8 Å². The Balaban J connectivity index is 2.16. The fourth-order valence-corrected chi connectivity index (χ4v) is 2.49. The standard InChI is InChI=1S/C13H15N3O3/c1-7-2-3-10(19-7)12-15-11(13(17)18)9-6-8(14)4-5-16(9)12/h2-3,8H,4-6,14H2,1H3,(H,17,18). The Kier molecular flexibility index (Phi) is 2.67. The number of carboxylic acids is 1. The monoisotopic (exact) mass is 261 g/mol. The molecule has 0 spiro atoms. The highest BCUT2D eigenvalue weighted by Gasteiger charge is 2.28. The number of aryl methyl sites for hydroxylation is 1. The first-order valence-electron chi connectivity index (χ1n) is 6.21. The van der Waals surface area contributed by atoms with E-state index in [-0.39, 0.29) is 11.7 Å². The van der Waals surface area contributed by atoms with Crippen molar-refractivity contribution >= 4 is 5.97 Å². The maximum atomic E-state index is 11.3. The molecule has 0 bridgehead atoms. The third kappa shape index (κ3) is 1.94. The van der Waals surface area contributed by atoms with E-state index in [0.717, 1.165) is 12.2 Å². The summed E-state index contributed by atoms with van der Waals surface area (Å²) in [7, 11) is 0. The van der Waals surface area contributed by atoms with Crippen LogP contribution >= 0.6 is 0 Å². The zero-order chi connectivity index (χ0) is 13.6. The summed E-state index contributed by atoms with van der Waals surface area (Å²) >= 11 is 0. The van der Waals surface area contributed by atoms with E-state index in [1.54, 1.807) is 0 Å². The number of imidazole rings is 1. The number of aromatic carboxylic acids is 1. The minimum atomic E-state index is -1.02. The SMILES string of the molecule is Cc1ccc(-c2nc(C(=O)O)c3n2CCC(N)C3)o1. The van der Waals surface area contributed by atoms with E-state index in [9.17, 15) is 9.90 Å². The molecule has 0 amide bonds. The van der Waals surface area contributed by atoms with Crippen LogP contribution in [0.1, 0.15) is 28.4 Å². The number of aromatic nitrogens is 2. The summed E-state index contributed by atoms with van der Waals surface area (Å²) in [6.07, 6.45) is 1.35. The number of carbonyl (C=O) groups is 1. The molecule has 19 heavy (non-hydrogen) atoms. The highest BCUT2D eigenvalue weighted by atomic mass is 16.4. The Bertz CT molecular complexity index is 642. The predicted molar refractivity (Wildman–Crippen MR) is 67.9 cm³/mol. The highest BCUT2D eigenvalue weighted by Crippen LogP contribution is 2.28. The molecule has 3 heterocycles. The lowest BCUT2D eigenvalue weighted by atomic mass is 10.0. The molecule has 2 aromatic rings. The van der Waals surface area contributed by atoms with E-state index in [4.69, 9.17) is 10.2 Å². The van der Waals surface area contributed by atoms with Gasteiger partial charge in [-0.2, -0.15) is 0 Å². The molecule has 0 saturated carbocycles. The third-order valence-electron chi connectivity index (χ3n) is 3.41. The molecule has 0 saturated heterocycles. The summed E-state index contributed by atoms with van der Waals surface area (Å²) in [5, 5.41) is 9.25. The predicted octanol–water partition coefficient (Wildman–Crippen LogP) is 1.42. The smallest absolute Gasteiger partial charge is 0.356 e. The van der Waals surface area contributed by atoms with Gasteiger partial charge in [0, 0.05) is 19.0 Å². The van der Waals surface area contributed by atoms with Gasteiger partial charge in [0.2, 0.25) is 0 Å². The minimum absolute atomic E-state index is 0.00603. The number of rotatable bonds is 2. The second-order valence-electron chi connectivity index (χ2n) is 4.85. The molecule has 1 aliphatic heterocycles. The van der Waals surface area contributed by atoms with Crippen LogP contribution in [-0.4, -0.2) is 26.7 Å². The number of hydrogen-bond acceptors (Lipinski definition) is 4. The van der Waals surface area contributed by atoms with Crippen molar-refractivity contribution in [2.24, 2.45) is 5.73 Å². The molecule has 3 rings (SSSR count). The van der Waals surface area contributed by atoms with Crippen molar-refractivity contribution in [1.29, 1.82) is 0 Å². The topological polar surface area (TPSA) is 94.3 Å². The molecule has 1 aliphatic rings. The summed E-state index contributed by atoms with van der Waals surface area (Å²) in [5.74, 6) is 0.929. The van der Waals surface area contributed by atoms with Crippen LogP contribution in [0.5, 0.6) is 0 Å². The molecule has 6 nitrogen and oxygen atoms in total. The van der Waals surface area contributed by atoms with Crippen LogP contribution in [0.3, 0.4) is 0 Å². The van der Waals surface area contributed by atoms with Crippen LogP contribution in [0.25, 0.3) is 11.6 Å². The van der Waals surface area contributed by atoms with Crippen molar-refractivity contribution < 1.29 is 14.3 Å². The van der Waals surface area contributed by atoms with E-state index in [1.165, 1.54) is 0 Å². The van der Waals surface area contributed by atoms with Gasteiger partial charge in [0.05, 0.1) is 5.69 Å². The number of nitrogens with zero attached hydrogens (tertiary/aromatic N) is 2. The number of furan rings is 1. The van der Waals surface area contributed by atoms with Crippen LogP contribution < -0.4 is 5.73 Å². The molecule has 0 fully saturated rings. The molecule has 0 aromatic carbocycles. The van der Waals surface area contributed by atoms with Gasteiger partial charge in [-0.1, -0.05) is 0 Å². The van der Waals surface area contributed by atoms with Crippen LogP contribution in [-0.2, 0) is 13.0 Å². The van der Waals surface area contributed by atoms with Crippen LogP contribution in [0.15, 0.2) is 16.5 Å². The van der Waals surface area contributed by atoms with Crippen molar-refractivity contribution in [3.05, 3.63) is 29.3 Å². The van der Waals surface area contributed by atoms with Gasteiger partial charge in [0.25, 0.3) is 0 Å². The number of nitrogens with two attached hydrogens (primary N) is 1. The Morgan fingerprint density at radius 1 is 1.58 bits per heavy atom. The number of carboxylic acid groups (broad SMARTS) is 1. The number of fused-ring (bicyclic) bond motifs is 1. The lowest BCUT2D eigenvalue weighted by Gasteiger charge is -2.21. The summed E-state index contributed by atoms with van der Waals surface area (Å²) < 4.78 is 7.46. The van der Waals surface area contributed by atoms with Gasteiger partial charge in [0.1, 0.15) is 5.76 Å². The van der Waals surface area contributed by atoms with E-state index in [1.807, 2.05) is 23.6 Å². The van der Waals surface area contributed by atoms with Gasteiger partial charge in [-0.15, -0.1) is 0 Å². The van der Waals surface area contributed by atoms with Crippen LogP contribution in [0.4, 0.5) is 0 Å². The first kappa shape index (κ1) is 12.0. The third-order valence-corrected chi connectivity index (χ3v) is 3.41. The van der Waals surface area contributed by atoms with Crippen molar-refractivity contribution in [2.45, 2.75) is 32.4 Å². The molecular weight excluding hydrogens is 246 g/mol. The lowest BCUT2D eigenvalue weighted by molar-refractivity contribution is 0.0689. The maximum absolute atomic E-state index is 11.3. The average molecular weight is 261 g/mol. The largest absolute Gasteiger partial charge is 0.476 e. The maximum Gasteiger partial charge on any atom is 0.356 e. The molecule has 6 heteroatoms. The molecule has 100 valence electrons. The van der Waals surface area contributed by atoms with Crippen molar-refractivity contribution in [2.75, 3.05) is 0 Å². The van der Waals surface area contributed by atoms with Crippen LogP contribution in [0.2, 0.25) is 0 Å². The van der Waals surface area contributed by atoms with Crippen molar-refractivity contribution in [3.8, 4) is 11.6 Å². The van der Waals surface area contributed by atoms with Gasteiger partial charge in [0.15, 0.2) is 17.3 Å². The zero-order valence-corrected chi connectivity index (χ0v) is 10.6. The fraction of sp³-hybridized carbons (Fsp3) is 0.385. The van der Waals surface area contributed by atoms with E-state index in [2.05, 4.69) is 4.98 Å². The van der Waals surface area contributed by atoms with E-state index < -0.39 is 5.97 Å². The second kappa shape index (κ2) is 4.24. The Labute approximate surface area is 109 Å². The van der Waals surface area contributed by atoms with Crippen molar-refractivity contribution in [3.63, 3.8) is 0 Å². The second-order valence-corrected chi connectivity index (χ2v) is 4.85. The Morgan fingerprint density at radius 2 is 2.37 bits per heavy atom. The first-order chi connectivity index (χ1) is 9.06. The molecule has 0 aliphatic carbocycles. The quantitative estimate of drug-likeness (QED) is 0.852. The van der Waals surface area contributed by atoms with Crippen molar-refractivity contribution in [1.82, 2.24) is 9.55 Å². The Morgan fingerprint density at radius 3 is 3.00 bits per heavy atom. The summed E-state index contributed by atoms with van der Waals surface area (Å²) in [6, 6.07) is 3.64. The van der Waals surface area contributed by atoms with Gasteiger partial charge in [-0.25, -0.2) is 9.78 Å². The summed E-state index contributed by atoms with van der Waals surface area (Å²) in [4.78, 5) is 15.5. The van der Waals surface area contributed by atoms with Gasteiger partial charge in [-0.05, 0) is 25.5 Å². The minimum Gasteiger partial charge on any atom is -0.476 e. The van der Waals surface area contributed by atoms with Gasteiger partial charge >= 0.3 is 5.97 Å². The zero-order valence-electron chi connectivity index (χ0n) is 10.6. The molecule has 1 unspecified atom stereocenters. The Hall–Kier alpha value is -2.08. The molecular formula is C13H15N3O3. The van der Waals surface area contributed by atoms with Crippen LogP contribution in [0, 0.1) is 6.92 Å². The summed E-state index contributed by atoms with van der Waals surface area (Å²) in [5.41, 5.74) is 6.69. The highest BCUT2D eigenvalue weighted by molar-refractivity contribution is 5.87. The van der Waals surface area contributed by atoms with Gasteiger partial charge in [-0.3, -0.25) is 0 Å². The molecule has 1 atom stereocenters. The lowest BCUT2D eigenvalue weighted by Crippen LogP contribution is -2.31. The molecule has 3 N–H and O–H groups in total. The number of hydrogen-bond donors (Lipinski definition) is 2. The van der Waals surface area contributed by atoms with E-state index in [0.29, 0.717) is 30.2 Å². The van der Waals surface area contributed by atoms with E-state index >= 15 is 0 Å². The molecule has 2 aromatic heterocycles. The first-order valence-corrected chi connectivity index (χ1v) is 6.21. The molecule has 0 radical (unpaired) electrons. The fourth-order valence-electron chi connectivity index (χ4n) is 2.49. The summed E-state index contributed by atoms with van der Waals surface area (Å²) in [6.45, 7) is 2.52.